The molecule has 12 nitrogen and oxygen atoms in total. The van der Waals surface area contributed by atoms with Crippen molar-refractivity contribution in [1.82, 2.24) is 20.9 Å². The van der Waals surface area contributed by atoms with Gasteiger partial charge in [0, 0.05) is 14.1 Å². The Bertz CT molecular complexity index is 655. The molecule has 2 atom stereocenters. The molecular weight excluding hydrogens is 468 g/mol. The molecule has 0 heterocycles. The SMILES string of the molecule is CC(C)C[C@H](C(N)=O)N(C)NC(=O)OC(C)(C)C.CC(C)C[C@H](C(N)=O)N(C)NC(=O)OC(C)(C)C. The first-order chi connectivity index (χ1) is 16.1. The van der Waals surface area contributed by atoms with Crippen molar-refractivity contribution < 1.29 is 28.7 Å². The molecule has 0 saturated heterocycles. The lowest BCUT2D eigenvalue weighted by atomic mass is 10.0. The predicted octanol–water partition coefficient (Wildman–Crippen LogP) is 2.52. The average Bonchev–Trinajstić information content (AvgIpc) is 2.60. The van der Waals surface area contributed by atoms with Crippen LogP contribution in [0.2, 0.25) is 0 Å². The fourth-order valence-electron chi connectivity index (χ4n) is 2.87. The number of nitrogens with zero attached hydrogens (tertiary/aromatic N) is 2. The van der Waals surface area contributed by atoms with Gasteiger partial charge in [-0.3, -0.25) is 20.4 Å². The Balaban J connectivity index is 0. The second kappa shape index (κ2) is 15.5. The Kier molecular flexibility index (Phi) is 15.3. The van der Waals surface area contributed by atoms with E-state index < -0.39 is 47.3 Å². The molecular formula is C24H50N6O6. The summed E-state index contributed by atoms with van der Waals surface area (Å²) in [7, 11) is 3.20. The summed E-state index contributed by atoms with van der Waals surface area (Å²) in [5.41, 5.74) is 14.5. The molecule has 6 N–H and O–H groups in total. The maximum atomic E-state index is 11.6. The molecule has 0 spiro atoms. The van der Waals surface area contributed by atoms with E-state index in [4.69, 9.17) is 20.9 Å². The molecule has 0 aromatic heterocycles. The number of hydrazine groups is 2. The molecule has 0 unspecified atom stereocenters. The van der Waals surface area contributed by atoms with Crippen molar-refractivity contribution in [2.75, 3.05) is 14.1 Å². The van der Waals surface area contributed by atoms with E-state index in [1.165, 1.54) is 10.0 Å². The van der Waals surface area contributed by atoms with Crippen LogP contribution in [0.15, 0.2) is 0 Å². The minimum Gasteiger partial charge on any atom is -0.443 e. The van der Waals surface area contributed by atoms with E-state index in [0.29, 0.717) is 24.7 Å². The Hall–Kier alpha value is -2.60. The van der Waals surface area contributed by atoms with Crippen molar-refractivity contribution in [3.05, 3.63) is 0 Å². The quantitative estimate of drug-likeness (QED) is 0.320. The molecule has 0 aliphatic carbocycles. The minimum atomic E-state index is -0.597. The minimum absolute atomic E-state index is 0.297. The number of nitrogens with one attached hydrogen (secondary N) is 2. The van der Waals surface area contributed by atoms with Crippen molar-refractivity contribution >= 4 is 24.0 Å². The van der Waals surface area contributed by atoms with E-state index in [1.807, 2.05) is 27.7 Å². The number of rotatable bonds is 10. The van der Waals surface area contributed by atoms with Gasteiger partial charge in [0.2, 0.25) is 11.8 Å². The van der Waals surface area contributed by atoms with Crippen LogP contribution in [0.5, 0.6) is 0 Å². The van der Waals surface area contributed by atoms with Crippen LogP contribution in [0.3, 0.4) is 0 Å². The van der Waals surface area contributed by atoms with E-state index in [9.17, 15) is 19.2 Å². The molecule has 0 radical (unpaired) electrons. The van der Waals surface area contributed by atoms with E-state index in [-0.39, 0.29) is 0 Å². The maximum absolute atomic E-state index is 11.6. The number of likely N-dealkylation sites (N-methyl/N-ethyl adjacent to an activating group) is 2. The van der Waals surface area contributed by atoms with Crippen LogP contribution in [0.25, 0.3) is 0 Å². The second-order valence-electron chi connectivity index (χ2n) is 11.5. The van der Waals surface area contributed by atoms with E-state index in [2.05, 4.69) is 10.9 Å². The van der Waals surface area contributed by atoms with Crippen LogP contribution in [-0.2, 0) is 19.1 Å². The summed E-state index contributed by atoms with van der Waals surface area (Å²) in [6.45, 7) is 18.6. The van der Waals surface area contributed by atoms with Crippen LogP contribution < -0.4 is 22.3 Å². The second-order valence-corrected chi connectivity index (χ2v) is 11.5. The van der Waals surface area contributed by atoms with Gasteiger partial charge in [-0.1, -0.05) is 27.7 Å². The van der Waals surface area contributed by atoms with Crippen molar-refractivity contribution in [1.29, 1.82) is 0 Å². The molecule has 0 aliphatic heterocycles. The van der Waals surface area contributed by atoms with Crippen molar-refractivity contribution in [3.63, 3.8) is 0 Å². The van der Waals surface area contributed by atoms with Crippen LogP contribution in [0.4, 0.5) is 9.59 Å². The molecule has 0 bridgehead atoms. The van der Waals surface area contributed by atoms with Gasteiger partial charge in [0.1, 0.15) is 23.3 Å². The lowest BCUT2D eigenvalue weighted by molar-refractivity contribution is -0.125. The zero-order chi connectivity index (χ0) is 29.0. The van der Waals surface area contributed by atoms with Gasteiger partial charge in [0.25, 0.3) is 0 Å². The average molecular weight is 519 g/mol. The normalized spacial score (nSPS) is 13.6. The molecule has 0 fully saturated rings. The predicted molar refractivity (Wildman–Crippen MR) is 139 cm³/mol. The van der Waals surface area contributed by atoms with E-state index in [0.717, 1.165) is 0 Å². The Morgan fingerprint density at radius 2 is 0.917 bits per heavy atom. The molecule has 12 heteroatoms. The lowest BCUT2D eigenvalue weighted by Crippen LogP contribution is -2.52. The Morgan fingerprint density at radius 3 is 1.08 bits per heavy atom. The molecule has 0 saturated carbocycles. The summed E-state index contributed by atoms with van der Waals surface area (Å²) >= 11 is 0. The highest BCUT2D eigenvalue weighted by Gasteiger charge is 2.26. The highest BCUT2D eigenvalue weighted by molar-refractivity contribution is 5.80. The van der Waals surface area contributed by atoms with Gasteiger partial charge in [-0.25, -0.2) is 19.6 Å². The lowest BCUT2D eigenvalue weighted by Gasteiger charge is -2.28. The van der Waals surface area contributed by atoms with Crippen molar-refractivity contribution in [2.45, 2.75) is 105 Å². The van der Waals surface area contributed by atoms with Gasteiger partial charge in [-0.2, -0.15) is 0 Å². The molecule has 0 aromatic rings. The first-order valence-electron chi connectivity index (χ1n) is 12.1. The summed E-state index contributed by atoms with van der Waals surface area (Å²) in [6, 6.07) is -1.09. The van der Waals surface area contributed by atoms with E-state index >= 15 is 0 Å². The Labute approximate surface area is 216 Å². The van der Waals surface area contributed by atoms with Crippen LogP contribution in [0, 0.1) is 11.8 Å². The van der Waals surface area contributed by atoms with Crippen LogP contribution in [-0.4, -0.2) is 71.4 Å². The number of amides is 4. The third kappa shape index (κ3) is 18.7. The number of nitrogens with two attached hydrogens (primary N) is 2. The molecule has 212 valence electrons. The summed E-state index contributed by atoms with van der Waals surface area (Å²) < 4.78 is 10.2. The first-order valence-corrected chi connectivity index (χ1v) is 12.1. The zero-order valence-electron chi connectivity index (χ0n) is 24.2. The summed E-state index contributed by atoms with van der Waals surface area (Å²) in [5.74, 6) is -0.347. The number of carbonyl (C=O) groups is 4. The number of carbonyl (C=O) groups excluding carboxylic acids is 4. The molecule has 0 rings (SSSR count). The third-order valence-electron chi connectivity index (χ3n) is 4.31. The number of primary amides is 2. The molecule has 0 aromatic carbocycles. The number of hydrogen-bond donors (Lipinski definition) is 4. The molecule has 0 aliphatic rings. The van der Waals surface area contributed by atoms with Gasteiger partial charge in [-0.15, -0.1) is 0 Å². The fraction of sp³-hybridized carbons (Fsp3) is 0.833. The standard InChI is InChI=1S/2C12H25N3O3/c2*1-8(2)7-9(10(13)16)15(6)14-11(17)18-12(3,4)5/h2*8-9H,7H2,1-6H3,(H2,13,16)(H,14,17)/t2*9-/m11/s1. The summed E-state index contributed by atoms with van der Waals surface area (Å²) in [4.78, 5) is 45.8. The van der Waals surface area contributed by atoms with Gasteiger partial charge in [0.05, 0.1) is 0 Å². The topological polar surface area (TPSA) is 169 Å². The van der Waals surface area contributed by atoms with Gasteiger partial charge in [0.15, 0.2) is 0 Å². The van der Waals surface area contributed by atoms with Gasteiger partial charge < -0.3 is 20.9 Å². The summed E-state index contributed by atoms with van der Waals surface area (Å²) in [6.07, 6.45) is -0.0523. The Morgan fingerprint density at radius 1 is 0.667 bits per heavy atom. The van der Waals surface area contributed by atoms with Crippen LogP contribution in [0.1, 0.15) is 82.1 Å². The number of hydrogen-bond acceptors (Lipinski definition) is 8. The largest absolute Gasteiger partial charge is 0.443 e. The first kappa shape index (κ1) is 35.6. The van der Waals surface area contributed by atoms with Crippen molar-refractivity contribution in [3.8, 4) is 0 Å². The maximum Gasteiger partial charge on any atom is 0.422 e. The smallest absolute Gasteiger partial charge is 0.422 e. The monoisotopic (exact) mass is 518 g/mol. The fourth-order valence-corrected chi connectivity index (χ4v) is 2.87. The number of ether oxygens (including phenoxy) is 2. The van der Waals surface area contributed by atoms with Crippen LogP contribution >= 0.6 is 0 Å². The van der Waals surface area contributed by atoms with Gasteiger partial charge in [-0.05, 0) is 66.2 Å². The zero-order valence-corrected chi connectivity index (χ0v) is 24.2. The summed E-state index contributed by atoms with van der Waals surface area (Å²) in [5, 5.41) is 2.80. The highest BCUT2D eigenvalue weighted by Crippen LogP contribution is 2.11. The van der Waals surface area contributed by atoms with Gasteiger partial charge >= 0.3 is 12.2 Å². The van der Waals surface area contributed by atoms with Crippen molar-refractivity contribution in [2.24, 2.45) is 23.3 Å². The molecule has 36 heavy (non-hydrogen) atoms. The highest BCUT2D eigenvalue weighted by atomic mass is 16.6. The van der Waals surface area contributed by atoms with E-state index in [1.54, 1.807) is 55.6 Å². The third-order valence-corrected chi connectivity index (χ3v) is 4.31. The molecule has 4 amide bonds.